The molecule has 1 saturated heterocycles. The van der Waals surface area contributed by atoms with Gasteiger partial charge < -0.3 is 9.47 Å². The summed E-state index contributed by atoms with van der Waals surface area (Å²) in [6, 6.07) is 5.41. The average molecular weight is 285 g/mol. The van der Waals surface area contributed by atoms with Crippen molar-refractivity contribution < 1.29 is 14.3 Å². The van der Waals surface area contributed by atoms with E-state index in [1.807, 2.05) is 12.1 Å². The summed E-state index contributed by atoms with van der Waals surface area (Å²) >= 11 is 3.37. The van der Waals surface area contributed by atoms with Gasteiger partial charge in [-0.1, -0.05) is 6.07 Å². The Hall–Kier alpha value is -0.870. The Balaban J connectivity index is 2.04. The highest BCUT2D eigenvalue weighted by atomic mass is 79.9. The number of carbonyl (C=O) groups is 1. The van der Waals surface area contributed by atoms with E-state index in [1.54, 1.807) is 6.07 Å². The van der Waals surface area contributed by atoms with E-state index in [0.29, 0.717) is 17.9 Å². The Kier molecular flexibility index (Phi) is 3.96. The molecule has 3 nitrogen and oxygen atoms in total. The molecule has 86 valence electrons. The second-order valence-electron chi connectivity index (χ2n) is 3.72. The van der Waals surface area contributed by atoms with Gasteiger partial charge in [0.15, 0.2) is 6.29 Å². The first-order valence-electron chi connectivity index (χ1n) is 5.29. The summed E-state index contributed by atoms with van der Waals surface area (Å²) < 4.78 is 11.9. The highest BCUT2D eigenvalue weighted by molar-refractivity contribution is 9.10. The van der Waals surface area contributed by atoms with Crippen molar-refractivity contribution in [2.75, 3.05) is 13.2 Å². The molecule has 1 unspecified atom stereocenters. The summed E-state index contributed by atoms with van der Waals surface area (Å²) in [6.45, 7) is 1.31. The van der Waals surface area contributed by atoms with Crippen molar-refractivity contribution in [3.63, 3.8) is 0 Å². The molecule has 0 radical (unpaired) electrons. The fraction of sp³-hybridized carbons (Fsp3) is 0.417. The lowest BCUT2D eigenvalue weighted by molar-refractivity contribution is 0.0672. The number of aldehydes is 1. The molecule has 0 bridgehead atoms. The first-order chi connectivity index (χ1) is 7.81. The van der Waals surface area contributed by atoms with E-state index in [2.05, 4.69) is 15.9 Å². The van der Waals surface area contributed by atoms with Crippen LogP contribution < -0.4 is 4.74 Å². The molecule has 0 aliphatic carbocycles. The molecule has 0 spiro atoms. The third kappa shape index (κ3) is 2.62. The summed E-state index contributed by atoms with van der Waals surface area (Å²) in [7, 11) is 0. The van der Waals surface area contributed by atoms with Gasteiger partial charge in [0.2, 0.25) is 0 Å². The highest BCUT2D eigenvalue weighted by Crippen LogP contribution is 2.28. The number of halogens is 1. The van der Waals surface area contributed by atoms with E-state index >= 15 is 0 Å². The van der Waals surface area contributed by atoms with E-state index in [0.717, 1.165) is 30.2 Å². The maximum Gasteiger partial charge on any atom is 0.153 e. The SMILES string of the molecule is O=Cc1cccc(Br)c1OCC1CCCO1. The second kappa shape index (κ2) is 5.46. The fourth-order valence-electron chi connectivity index (χ4n) is 1.72. The normalized spacial score (nSPS) is 19.7. The minimum absolute atomic E-state index is 0.159. The van der Waals surface area contributed by atoms with Crippen LogP contribution in [0.2, 0.25) is 0 Å². The molecule has 2 rings (SSSR count). The minimum Gasteiger partial charge on any atom is -0.489 e. The molecular formula is C12H13BrO3. The molecule has 1 heterocycles. The monoisotopic (exact) mass is 284 g/mol. The molecule has 1 atom stereocenters. The summed E-state index contributed by atoms with van der Waals surface area (Å²) in [5, 5.41) is 0. The average Bonchev–Trinajstić information content (AvgIpc) is 2.80. The number of hydrogen-bond donors (Lipinski definition) is 0. The first-order valence-corrected chi connectivity index (χ1v) is 6.08. The van der Waals surface area contributed by atoms with Crippen LogP contribution >= 0.6 is 15.9 Å². The standard InChI is InChI=1S/C12H13BrO3/c13-11-5-1-3-9(7-14)12(11)16-8-10-4-2-6-15-10/h1,3,5,7,10H,2,4,6,8H2. The summed E-state index contributed by atoms with van der Waals surface area (Å²) in [5.74, 6) is 0.605. The molecule has 16 heavy (non-hydrogen) atoms. The topological polar surface area (TPSA) is 35.5 Å². The lowest BCUT2D eigenvalue weighted by Gasteiger charge is -2.13. The highest BCUT2D eigenvalue weighted by Gasteiger charge is 2.17. The van der Waals surface area contributed by atoms with Crippen LogP contribution in [0.3, 0.4) is 0 Å². The van der Waals surface area contributed by atoms with Crippen LogP contribution in [0, 0.1) is 0 Å². The molecule has 0 N–H and O–H groups in total. The van der Waals surface area contributed by atoms with Crippen LogP contribution in [0.5, 0.6) is 5.75 Å². The Morgan fingerprint density at radius 3 is 3.12 bits per heavy atom. The molecule has 0 aromatic heterocycles. The number of hydrogen-bond acceptors (Lipinski definition) is 3. The van der Waals surface area contributed by atoms with Gasteiger partial charge in [-0.2, -0.15) is 0 Å². The van der Waals surface area contributed by atoms with Crippen molar-refractivity contribution in [1.82, 2.24) is 0 Å². The number of rotatable bonds is 4. The molecule has 1 aliphatic rings. The van der Waals surface area contributed by atoms with Crippen LogP contribution in [0.15, 0.2) is 22.7 Å². The predicted octanol–water partition coefficient (Wildman–Crippen LogP) is 2.82. The van der Waals surface area contributed by atoms with Crippen LogP contribution in [0.1, 0.15) is 23.2 Å². The Labute approximate surface area is 103 Å². The van der Waals surface area contributed by atoms with E-state index in [4.69, 9.17) is 9.47 Å². The Morgan fingerprint density at radius 2 is 2.44 bits per heavy atom. The van der Waals surface area contributed by atoms with Crippen LogP contribution in [-0.4, -0.2) is 25.6 Å². The van der Waals surface area contributed by atoms with Gasteiger partial charge in [0, 0.05) is 6.61 Å². The van der Waals surface area contributed by atoms with Gasteiger partial charge in [-0.3, -0.25) is 4.79 Å². The maximum atomic E-state index is 10.8. The first kappa shape index (κ1) is 11.6. The van der Waals surface area contributed by atoms with Crippen molar-refractivity contribution in [1.29, 1.82) is 0 Å². The summed E-state index contributed by atoms with van der Waals surface area (Å²) in [6.07, 6.45) is 3.08. The van der Waals surface area contributed by atoms with Crippen molar-refractivity contribution in [3.05, 3.63) is 28.2 Å². The van der Waals surface area contributed by atoms with E-state index in [1.165, 1.54) is 0 Å². The molecule has 4 heteroatoms. The van der Waals surface area contributed by atoms with Gasteiger partial charge >= 0.3 is 0 Å². The second-order valence-corrected chi connectivity index (χ2v) is 4.58. The maximum absolute atomic E-state index is 10.8. The zero-order valence-electron chi connectivity index (χ0n) is 8.82. The quantitative estimate of drug-likeness (QED) is 0.798. The Morgan fingerprint density at radius 1 is 1.56 bits per heavy atom. The molecule has 0 amide bonds. The van der Waals surface area contributed by atoms with Crippen molar-refractivity contribution in [2.45, 2.75) is 18.9 Å². The lowest BCUT2D eigenvalue weighted by Crippen LogP contribution is -2.17. The lowest BCUT2D eigenvalue weighted by atomic mass is 10.2. The predicted molar refractivity (Wildman–Crippen MR) is 64.0 cm³/mol. The zero-order chi connectivity index (χ0) is 11.4. The fourth-order valence-corrected chi connectivity index (χ4v) is 2.22. The van der Waals surface area contributed by atoms with Crippen molar-refractivity contribution >= 4 is 22.2 Å². The summed E-state index contributed by atoms with van der Waals surface area (Å²) in [5.41, 5.74) is 0.562. The van der Waals surface area contributed by atoms with E-state index < -0.39 is 0 Å². The number of carbonyl (C=O) groups excluding carboxylic acids is 1. The molecular weight excluding hydrogens is 272 g/mol. The molecule has 1 aliphatic heterocycles. The van der Waals surface area contributed by atoms with Gasteiger partial charge in [-0.25, -0.2) is 0 Å². The van der Waals surface area contributed by atoms with Gasteiger partial charge in [0.1, 0.15) is 12.4 Å². The number of para-hydroxylation sites is 1. The molecule has 1 aromatic carbocycles. The zero-order valence-corrected chi connectivity index (χ0v) is 10.4. The smallest absolute Gasteiger partial charge is 0.153 e. The largest absolute Gasteiger partial charge is 0.489 e. The van der Waals surface area contributed by atoms with Gasteiger partial charge in [0.05, 0.1) is 16.1 Å². The van der Waals surface area contributed by atoms with Gasteiger partial charge in [-0.15, -0.1) is 0 Å². The molecule has 1 aromatic rings. The van der Waals surface area contributed by atoms with Crippen molar-refractivity contribution in [3.8, 4) is 5.75 Å². The summed E-state index contributed by atoms with van der Waals surface area (Å²) in [4.78, 5) is 10.8. The minimum atomic E-state index is 0.159. The Bertz CT molecular complexity index is 373. The third-order valence-corrected chi connectivity index (χ3v) is 3.19. The third-order valence-electron chi connectivity index (χ3n) is 2.56. The van der Waals surface area contributed by atoms with E-state index in [9.17, 15) is 4.79 Å². The van der Waals surface area contributed by atoms with Crippen LogP contribution in [-0.2, 0) is 4.74 Å². The van der Waals surface area contributed by atoms with Crippen molar-refractivity contribution in [2.24, 2.45) is 0 Å². The number of ether oxygens (including phenoxy) is 2. The molecule has 0 saturated carbocycles. The van der Waals surface area contributed by atoms with Gasteiger partial charge in [-0.05, 0) is 40.9 Å². The van der Waals surface area contributed by atoms with Crippen LogP contribution in [0.25, 0.3) is 0 Å². The van der Waals surface area contributed by atoms with Gasteiger partial charge in [0.25, 0.3) is 0 Å². The molecule has 1 fully saturated rings. The van der Waals surface area contributed by atoms with E-state index in [-0.39, 0.29) is 6.10 Å². The van der Waals surface area contributed by atoms with Crippen LogP contribution in [0.4, 0.5) is 0 Å². The number of benzene rings is 1.